The lowest BCUT2D eigenvalue weighted by atomic mass is 9.99. The van der Waals surface area contributed by atoms with Crippen LogP contribution in [0, 0.1) is 0 Å². The third kappa shape index (κ3) is 7.44. The van der Waals surface area contributed by atoms with E-state index in [1.54, 1.807) is 29.2 Å². The van der Waals surface area contributed by atoms with Crippen LogP contribution in [0.2, 0.25) is 5.02 Å². The Kier molecular flexibility index (Phi) is 10.5. The monoisotopic (exact) mass is 766 g/mol. The maximum atomic E-state index is 14.8. The Bertz CT molecular complexity index is 2120. The van der Waals surface area contributed by atoms with Gasteiger partial charge in [-0.3, -0.25) is 19.4 Å². The van der Waals surface area contributed by atoms with Gasteiger partial charge in [-0.25, -0.2) is 15.4 Å². The van der Waals surface area contributed by atoms with E-state index in [2.05, 4.69) is 31.1 Å². The smallest absolute Gasteiger partial charge is 0.376 e. The second-order valence-electron chi connectivity index (χ2n) is 13.1. The molecule has 0 bridgehead atoms. The Hall–Kier alpha value is -5.23. The molecule has 2 aromatic heterocycles. The van der Waals surface area contributed by atoms with Gasteiger partial charge in [0, 0.05) is 39.4 Å². The van der Waals surface area contributed by atoms with Crippen LogP contribution in [0.5, 0.6) is 0 Å². The van der Waals surface area contributed by atoms with E-state index in [-0.39, 0.29) is 35.4 Å². The third-order valence-corrected chi connectivity index (χ3v) is 10.1. The van der Waals surface area contributed by atoms with Crippen molar-refractivity contribution in [3.05, 3.63) is 99.4 Å². The van der Waals surface area contributed by atoms with Gasteiger partial charge in [-0.15, -0.1) is 0 Å². The molecule has 2 aromatic carbocycles. The van der Waals surface area contributed by atoms with Gasteiger partial charge >= 0.3 is 6.18 Å². The number of carbonyl (C=O) groups is 3. The Labute approximate surface area is 313 Å². The number of alkyl halides is 3. The number of aromatic amines is 1. The van der Waals surface area contributed by atoms with Gasteiger partial charge in [0.1, 0.15) is 23.9 Å². The number of hydrogen-bond donors (Lipinski definition) is 4. The zero-order valence-corrected chi connectivity index (χ0v) is 30.2. The maximum Gasteiger partial charge on any atom is 0.416 e. The van der Waals surface area contributed by atoms with E-state index in [0.717, 1.165) is 41.3 Å². The van der Waals surface area contributed by atoms with E-state index in [0.29, 0.717) is 55.2 Å². The summed E-state index contributed by atoms with van der Waals surface area (Å²) in [6, 6.07) is 10.3. The molecular formula is C36H38ClF3N10O4. The van der Waals surface area contributed by atoms with Crippen molar-refractivity contribution in [2.75, 3.05) is 51.7 Å². The molecule has 18 heteroatoms. The average molecular weight is 767 g/mol. The fraction of sp³-hybridized carbons (Fsp3) is 0.361. The maximum absolute atomic E-state index is 14.8. The number of hydrogen-bond acceptors (Lipinski definition) is 10. The molecule has 1 saturated heterocycles. The van der Waals surface area contributed by atoms with Crippen molar-refractivity contribution in [3.63, 3.8) is 0 Å². The highest BCUT2D eigenvalue weighted by Gasteiger charge is 2.38. The molecule has 14 nitrogen and oxygen atoms in total. The van der Waals surface area contributed by atoms with Gasteiger partial charge in [-0.2, -0.15) is 18.2 Å². The van der Waals surface area contributed by atoms with Crippen LogP contribution < -0.4 is 16.2 Å². The number of pyridine rings is 1. The summed E-state index contributed by atoms with van der Waals surface area (Å²) < 4.78 is 45.5. The van der Waals surface area contributed by atoms with Gasteiger partial charge < -0.3 is 30.3 Å². The van der Waals surface area contributed by atoms with Gasteiger partial charge in [-0.05, 0) is 53.8 Å². The van der Waals surface area contributed by atoms with Crippen molar-refractivity contribution in [3.8, 4) is 0 Å². The van der Waals surface area contributed by atoms with Crippen LogP contribution >= 0.6 is 11.6 Å². The molecule has 284 valence electrons. The second-order valence-corrected chi connectivity index (χ2v) is 13.5. The van der Waals surface area contributed by atoms with Crippen molar-refractivity contribution in [2.45, 2.75) is 38.7 Å². The normalized spacial score (nSPS) is 20.0. The van der Waals surface area contributed by atoms with E-state index < -0.39 is 36.3 Å². The van der Waals surface area contributed by atoms with Crippen molar-refractivity contribution in [2.24, 2.45) is 0 Å². The fourth-order valence-corrected chi connectivity index (χ4v) is 7.11. The molecule has 4 aromatic rings. The molecule has 1 fully saturated rings. The molecule has 0 radical (unpaired) electrons. The predicted molar refractivity (Wildman–Crippen MR) is 192 cm³/mol. The highest BCUT2D eigenvalue weighted by molar-refractivity contribution is 6.33. The number of nitrogens with zero attached hydrogens (tertiary/aromatic N) is 6. The average Bonchev–Trinajstić information content (AvgIpc) is 3.65. The van der Waals surface area contributed by atoms with Crippen LogP contribution in [0.15, 0.2) is 66.4 Å². The number of fused-ring (bicyclic) bond motifs is 2. The fourth-order valence-electron chi connectivity index (χ4n) is 6.89. The first-order valence-corrected chi connectivity index (χ1v) is 17.8. The Morgan fingerprint density at radius 3 is 2.59 bits per heavy atom. The first-order chi connectivity index (χ1) is 25.9. The molecule has 0 saturated carbocycles. The molecule has 3 aliphatic rings. The number of aromatic nitrogens is 3. The number of carbonyl (C=O) groups excluding carboxylic acids is 3. The summed E-state index contributed by atoms with van der Waals surface area (Å²) in [5.41, 5.74) is 10.9. The molecule has 4 N–H and O–H groups in total. The molecule has 3 amide bonds. The number of rotatable bonds is 7. The van der Waals surface area contributed by atoms with Crippen molar-refractivity contribution < 1.29 is 32.3 Å². The minimum Gasteiger partial charge on any atom is -0.376 e. The minimum absolute atomic E-state index is 0.0316. The number of H-pyrrole nitrogens is 1. The number of nitrogens with one attached hydrogen (secondary N) is 4. The zero-order chi connectivity index (χ0) is 38.1. The predicted octanol–water partition coefficient (Wildman–Crippen LogP) is 4.20. The lowest BCUT2D eigenvalue weighted by Crippen LogP contribution is -2.59. The number of halogens is 4. The van der Waals surface area contributed by atoms with E-state index in [9.17, 15) is 27.6 Å². The lowest BCUT2D eigenvalue weighted by Gasteiger charge is -2.44. The van der Waals surface area contributed by atoms with Gasteiger partial charge in [0.05, 0.1) is 47.0 Å². The number of amides is 3. The molecule has 7 rings (SSSR count). The lowest BCUT2D eigenvalue weighted by molar-refractivity contribution is -0.155. The molecule has 1 unspecified atom stereocenters. The van der Waals surface area contributed by atoms with Crippen molar-refractivity contribution >= 4 is 46.0 Å². The van der Waals surface area contributed by atoms with Gasteiger partial charge in [0.15, 0.2) is 5.69 Å². The third-order valence-electron chi connectivity index (χ3n) is 9.80. The highest BCUT2D eigenvalue weighted by Crippen LogP contribution is 2.34. The van der Waals surface area contributed by atoms with E-state index >= 15 is 0 Å². The SMILES string of the molecule is CC/C1=C(\N2CCN(C(=O)c3nccc4[nH]cnc34)CC2)C(=O)N(CC(=O)Nc2ccc(C(F)(F)F)cc2Cl)N(C)C(c2ccc3c(c2)CCOC3)NN1. The summed E-state index contributed by atoms with van der Waals surface area (Å²) >= 11 is 6.16. The zero-order valence-electron chi connectivity index (χ0n) is 29.5. The van der Waals surface area contributed by atoms with Crippen LogP contribution in [-0.2, 0) is 33.5 Å². The topological polar surface area (TPSA) is 151 Å². The van der Waals surface area contributed by atoms with Crippen molar-refractivity contribution in [1.29, 1.82) is 0 Å². The minimum atomic E-state index is -4.62. The second kappa shape index (κ2) is 15.3. The molecule has 1 atom stereocenters. The van der Waals surface area contributed by atoms with Gasteiger partial charge in [-0.1, -0.05) is 36.7 Å². The molecule has 5 heterocycles. The summed E-state index contributed by atoms with van der Waals surface area (Å²) in [6.07, 6.45) is -1.07. The van der Waals surface area contributed by atoms with Crippen LogP contribution in [-0.4, -0.2) is 98.9 Å². The van der Waals surface area contributed by atoms with Crippen LogP contribution in [0.1, 0.15) is 52.3 Å². The summed E-state index contributed by atoms with van der Waals surface area (Å²) in [5.74, 6) is -1.45. The standard InChI is InChI=1S/C36H38ClF3N10O4/c1-3-26-32(48-11-13-49(14-12-48)34(52)31-30-28(8-10-41-31)42-20-43-30)35(53)50(18-29(51)44-27-7-6-24(17-25(27)37)36(38,39)40)47(2)33(46-45-26)22-4-5-23-19-54-15-9-21(23)16-22/h4-8,10,16-17,20,33,45-46H,3,9,11-15,18-19H2,1-2H3,(H,42,43)(H,44,51)/b32-26+. The number of benzene rings is 2. The van der Waals surface area contributed by atoms with Gasteiger partial charge in [0.25, 0.3) is 11.8 Å². The Morgan fingerprint density at radius 1 is 1.06 bits per heavy atom. The summed E-state index contributed by atoms with van der Waals surface area (Å²) in [4.78, 5) is 57.1. The quantitative estimate of drug-likeness (QED) is 0.216. The van der Waals surface area contributed by atoms with Crippen LogP contribution in [0.4, 0.5) is 18.9 Å². The molecule has 54 heavy (non-hydrogen) atoms. The Balaban J connectivity index is 1.17. The number of piperazine rings is 1. The summed E-state index contributed by atoms with van der Waals surface area (Å²) in [5, 5.41) is 5.20. The first-order valence-electron chi connectivity index (χ1n) is 17.4. The molecule has 3 aliphatic heterocycles. The molecule has 0 spiro atoms. The number of ether oxygens (including phenoxy) is 1. The molecular weight excluding hydrogens is 729 g/mol. The largest absolute Gasteiger partial charge is 0.416 e. The van der Waals surface area contributed by atoms with Gasteiger partial charge in [0.2, 0.25) is 5.91 Å². The number of anilines is 1. The van der Waals surface area contributed by atoms with Crippen LogP contribution in [0.3, 0.4) is 0 Å². The van der Waals surface area contributed by atoms with E-state index in [1.807, 2.05) is 30.0 Å². The van der Waals surface area contributed by atoms with E-state index in [1.165, 1.54) is 11.3 Å². The number of imidazole rings is 1. The first kappa shape index (κ1) is 37.1. The molecule has 0 aliphatic carbocycles. The summed E-state index contributed by atoms with van der Waals surface area (Å²) in [6.45, 7) is 3.66. The van der Waals surface area contributed by atoms with E-state index in [4.69, 9.17) is 16.3 Å². The number of allylic oxidation sites excluding steroid dienone is 1. The van der Waals surface area contributed by atoms with Crippen LogP contribution in [0.25, 0.3) is 11.0 Å². The van der Waals surface area contributed by atoms with Crippen molar-refractivity contribution in [1.82, 2.24) is 45.6 Å². The number of hydrazine groups is 2. The highest BCUT2D eigenvalue weighted by atomic mass is 35.5. The summed E-state index contributed by atoms with van der Waals surface area (Å²) in [7, 11) is 1.67. The Morgan fingerprint density at radius 2 is 1.85 bits per heavy atom.